The van der Waals surface area contributed by atoms with Gasteiger partial charge in [0.1, 0.15) is 23.6 Å². The maximum atomic E-state index is 13.8. The number of fused-ring (bicyclic) bond motifs is 4. The molecule has 2 aromatic carbocycles. The van der Waals surface area contributed by atoms with E-state index < -0.39 is 35.2 Å². The maximum absolute atomic E-state index is 13.8. The minimum atomic E-state index is -1.35. The largest absolute Gasteiger partial charge is 0.496 e. The minimum Gasteiger partial charge on any atom is -0.496 e. The van der Waals surface area contributed by atoms with Crippen LogP contribution < -0.4 is 21.1 Å². The molecule has 3 aliphatic heterocycles. The predicted molar refractivity (Wildman–Crippen MR) is 121 cm³/mol. The summed E-state index contributed by atoms with van der Waals surface area (Å²) in [5, 5.41) is 5.03. The van der Waals surface area contributed by atoms with Crippen LogP contribution in [0.5, 0.6) is 5.75 Å². The molecule has 176 valence electrons. The number of benzene rings is 2. The fourth-order valence-electron chi connectivity index (χ4n) is 5.73. The van der Waals surface area contributed by atoms with Crippen LogP contribution in [0, 0.1) is 11.8 Å². The number of rotatable bonds is 6. The Bertz CT molecular complexity index is 1230. The van der Waals surface area contributed by atoms with Crippen molar-refractivity contribution in [1.82, 2.24) is 4.90 Å². The molecular formula is C24H24ClN4O5+. The quantitative estimate of drug-likeness (QED) is 0.514. The number of ether oxygens (including phenoxy) is 1. The van der Waals surface area contributed by atoms with Crippen LogP contribution in [0.25, 0.3) is 0 Å². The van der Waals surface area contributed by atoms with Crippen LogP contribution >= 0.6 is 11.6 Å². The number of para-hydroxylation sites is 1. The number of quaternary nitrogens is 1. The molecule has 1 spiro atoms. The summed E-state index contributed by atoms with van der Waals surface area (Å²) >= 11 is 6.26. The summed E-state index contributed by atoms with van der Waals surface area (Å²) in [5.41, 5.74) is 5.83. The van der Waals surface area contributed by atoms with Crippen molar-refractivity contribution in [3.05, 3.63) is 58.6 Å². The molecule has 2 aromatic rings. The second-order valence-corrected chi connectivity index (χ2v) is 9.36. The molecule has 4 atom stereocenters. The van der Waals surface area contributed by atoms with Crippen molar-refractivity contribution in [2.24, 2.45) is 17.6 Å². The van der Waals surface area contributed by atoms with Gasteiger partial charge in [-0.25, -0.2) is 0 Å². The highest BCUT2D eigenvalue weighted by Gasteiger charge is 2.74. The van der Waals surface area contributed by atoms with Crippen LogP contribution in [-0.2, 0) is 31.3 Å². The molecule has 34 heavy (non-hydrogen) atoms. The van der Waals surface area contributed by atoms with Gasteiger partial charge in [0.05, 0.1) is 19.3 Å². The highest BCUT2D eigenvalue weighted by Crippen LogP contribution is 2.50. The van der Waals surface area contributed by atoms with Crippen molar-refractivity contribution in [1.29, 1.82) is 0 Å². The third-order valence-corrected chi connectivity index (χ3v) is 7.40. The van der Waals surface area contributed by atoms with Crippen LogP contribution in [0.1, 0.15) is 24.0 Å². The van der Waals surface area contributed by atoms with Gasteiger partial charge in [-0.2, -0.15) is 0 Å². The number of nitrogens with two attached hydrogens (primary N) is 2. The van der Waals surface area contributed by atoms with Crippen molar-refractivity contribution in [2.45, 2.75) is 31.0 Å². The van der Waals surface area contributed by atoms with Crippen LogP contribution in [0.2, 0.25) is 5.02 Å². The van der Waals surface area contributed by atoms with E-state index in [9.17, 15) is 19.2 Å². The summed E-state index contributed by atoms with van der Waals surface area (Å²) in [6.45, 7) is 0.0251. The number of carbonyl (C=O) groups is 4. The monoisotopic (exact) mass is 483 g/mol. The van der Waals surface area contributed by atoms with Crippen molar-refractivity contribution < 1.29 is 29.2 Å². The van der Waals surface area contributed by atoms with E-state index in [1.807, 2.05) is 0 Å². The van der Waals surface area contributed by atoms with Gasteiger partial charge in [-0.1, -0.05) is 29.8 Å². The first-order chi connectivity index (χ1) is 16.3. The molecule has 0 radical (unpaired) electrons. The Morgan fingerprint density at radius 1 is 1.21 bits per heavy atom. The van der Waals surface area contributed by atoms with E-state index in [1.165, 1.54) is 12.0 Å². The zero-order valence-electron chi connectivity index (χ0n) is 18.4. The van der Waals surface area contributed by atoms with Crippen LogP contribution in [0.4, 0.5) is 5.69 Å². The first-order valence-electron chi connectivity index (χ1n) is 11.0. The van der Waals surface area contributed by atoms with Crippen molar-refractivity contribution >= 4 is 40.9 Å². The number of halogens is 1. The minimum absolute atomic E-state index is 0.0251. The Morgan fingerprint density at radius 3 is 2.71 bits per heavy atom. The zero-order chi connectivity index (χ0) is 24.2. The molecule has 3 heterocycles. The number of nitrogens with zero attached hydrogens (tertiary/aromatic N) is 1. The zero-order valence-corrected chi connectivity index (χ0v) is 19.2. The molecule has 0 aromatic heterocycles. The first kappa shape index (κ1) is 22.4. The van der Waals surface area contributed by atoms with Gasteiger partial charge < -0.3 is 21.1 Å². The van der Waals surface area contributed by atoms with Crippen LogP contribution in [0.15, 0.2) is 42.5 Å². The van der Waals surface area contributed by atoms with Gasteiger partial charge in [0.2, 0.25) is 23.3 Å². The molecule has 9 nitrogen and oxygen atoms in total. The third kappa shape index (κ3) is 3.19. The Labute approximate surface area is 200 Å². The van der Waals surface area contributed by atoms with Gasteiger partial charge in [0, 0.05) is 29.0 Å². The van der Waals surface area contributed by atoms with Gasteiger partial charge in [0.25, 0.3) is 5.91 Å². The standard InChI is InChI=1S/C24H23ClN4O5/c1-34-17-5-3-2-4-12(17)11-29-21(31)19-16(8-9-18(26)30)28-24(20(19)22(29)32)14-10-13(25)6-7-15(14)27-23(24)33/h2-7,10,16,19-20,28H,8-9,11H2,1H3,(H2,26,30)(H,27,33)/p+1/t16-,19+,20+,24+/m1/s1. The van der Waals surface area contributed by atoms with Gasteiger partial charge >= 0.3 is 0 Å². The normalized spacial score (nSPS) is 27.2. The SMILES string of the molecule is COc1ccccc1CN1C(=O)[C@@H]2[C@@H](C1=O)[C@]1([NH2+][C@@H]2CCC(N)=O)C(=O)Nc2ccc(Cl)cc21. The van der Waals surface area contributed by atoms with Crippen molar-refractivity contribution in [2.75, 3.05) is 12.4 Å². The smallest absolute Gasteiger partial charge is 0.291 e. The Morgan fingerprint density at radius 2 is 1.97 bits per heavy atom. The number of anilines is 1. The lowest BCUT2D eigenvalue weighted by Crippen LogP contribution is -2.99. The fraction of sp³-hybridized carbons (Fsp3) is 0.333. The number of hydrogen-bond donors (Lipinski definition) is 3. The molecule has 0 saturated carbocycles. The Kier molecular flexibility index (Phi) is 5.33. The van der Waals surface area contributed by atoms with Gasteiger partial charge in [-0.05, 0) is 24.3 Å². The van der Waals surface area contributed by atoms with Gasteiger partial charge in [0.15, 0.2) is 0 Å². The molecule has 0 aliphatic carbocycles. The van der Waals surface area contributed by atoms with E-state index in [0.29, 0.717) is 27.6 Å². The van der Waals surface area contributed by atoms with Crippen molar-refractivity contribution in [3.8, 4) is 5.75 Å². The fourth-order valence-corrected chi connectivity index (χ4v) is 5.90. The van der Waals surface area contributed by atoms with E-state index in [-0.39, 0.29) is 31.2 Å². The molecule has 5 N–H and O–H groups in total. The average Bonchev–Trinajstić information content (AvgIpc) is 3.39. The van der Waals surface area contributed by atoms with Crippen LogP contribution in [-0.4, -0.2) is 41.7 Å². The van der Waals surface area contributed by atoms with Gasteiger partial charge in [-0.3, -0.25) is 24.1 Å². The second kappa shape index (κ2) is 8.11. The molecule has 0 bridgehead atoms. The number of imide groups is 1. The highest BCUT2D eigenvalue weighted by molar-refractivity contribution is 6.31. The topological polar surface area (TPSA) is 135 Å². The molecule has 3 aliphatic rings. The molecule has 10 heteroatoms. The number of likely N-dealkylation sites (tertiary alicyclic amines) is 1. The van der Waals surface area contributed by atoms with Gasteiger partial charge in [-0.15, -0.1) is 0 Å². The highest BCUT2D eigenvalue weighted by atomic mass is 35.5. The second-order valence-electron chi connectivity index (χ2n) is 8.93. The first-order valence-corrected chi connectivity index (χ1v) is 11.4. The lowest BCUT2D eigenvalue weighted by Gasteiger charge is -2.26. The number of primary amides is 1. The molecular weight excluding hydrogens is 460 g/mol. The van der Waals surface area contributed by atoms with E-state index in [4.69, 9.17) is 22.1 Å². The summed E-state index contributed by atoms with van der Waals surface area (Å²) in [6.07, 6.45) is 0.307. The van der Waals surface area contributed by atoms with E-state index >= 15 is 0 Å². The van der Waals surface area contributed by atoms with Crippen molar-refractivity contribution in [3.63, 3.8) is 0 Å². The lowest BCUT2D eigenvalue weighted by atomic mass is 9.76. The molecule has 5 rings (SSSR count). The molecule has 2 saturated heterocycles. The number of nitrogens with one attached hydrogen (secondary N) is 1. The van der Waals surface area contributed by atoms with E-state index in [2.05, 4.69) is 5.32 Å². The number of methoxy groups -OCH3 is 1. The summed E-state index contributed by atoms with van der Waals surface area (Å²) in [5.74, 6) is -2.84. The molecule has 2 fully saturated rings. The van der Waals surface area contributed by atoms with E-state index in [1.54, 1.807) is 47.8 Å². The maximum Gasteiger partial charge on any atom is 0.291 e. The third-order valence-electron chi connectivity index (χ3n) is 7.17. The Hall–Kier alpha value is -3.43. The number of hydrogen-bond acceptors (Lipinski definition) is 5. The molecule has 0 unspecified atom stereocenters. The Balaban J connectivity index is 1.59. The summed E-state index contributed by atoms with van der Waals surface area (Å²) in [7, 11) is 1.52. The number of carbonyl (C=O) groups excluding carboxylic acids is 4. The summed E-state index contributed by atoms with van der Waals surface area (Å²) in [4.78, 5) is 53.6. The number of amides is 4. The summed E-state index contributed by atoms with van der Waals surface area (Å²) < 4.78 is 5.39. The molecule has 4 amide bonds. The average molecular weight is 484 g/mol. The summed E-state index contributed by atoms with van der Waals surface area (Å²) in [6, 6.07) is 11.7. The predicted octanol–water partition coefficient (Wildman–Crippen LogP) is 0.509. The van der Waals surface area contributed by atoms with E-state index in [0.717, 1.165) is 0 Å². The lowest BCUT2D eigenvalue weighted by molar-refractivity contribution is -0.734. The van der Waals surface area contributed by atoms with Crippen LogP contribution in [0.3, 0.4) is 0 Å².